The molecule has 1 N–H and O–H groups in total. The fourth-order valence-electron chi connectivity index (χ4n) is 1.64. The van der Waals surface area contributed by atoms with E-state index in [-0.39, 0.29) is 16.3 Å². The molecular formula is C13H8ClF2NO4. The topological polar surface area (TPSA) is 72.6 Å². The van der Waals surface area contributed by atoms with Gasteiger partial charge in [0.05, 0.1) is 22.6 Å². The van der Waals surface area contributed by atoms with Gasteiger partial charge in [-0.2, -0.15) is 4.39 Å². The minimum absolute atomic E-state index is 0.0474. The summed E-state index contributed by atoms with van der Waals surface area (Å²) in [6.45, 7) is -0.424. The van der Waals surface area contributed by atoms with Crippen molar-refractivity contribution in [2.24, 2.45) is 0 Å². The van der Waals surface area contributed by atoms with Gasteiger partial charge in [0.15, 0.2) is 17.3 Å². The second-order valence-electron chi connectivity index (χ2n) is 3.98. The van der Waals surface area contributed by atoms with Crippen LogP contribution in [0.4, 0.5) is 14.5 Å². The molecule has 0 unspecified atom stereocenters. The zero-order valence-electron chi connectivity index (χ0n) is 10.3. The quantitative estimate of drug-likeness (QED) is 0.688. The summed E-state index contributed by atoms with van der Waals surface area (Å²) >= 11 is 5.87. The predicted octanol–water partition coefficient (Wildman–Crippen LogP) is 3.81. The van der Waals surface area contributed by atoms with Crippen LogP contribution in [0.3, 0.4) is 0 Å². The Morgan fingerprint density at radius 2 is 2.00 bits per heavy atom. The standard InChI is InChI=1S/C13H8ClF2NO4/c14-8-3-1-2-7(6-18)13(8)21-12-5-9(15)11(17(19)20)4-10(12)16/h1-5,18H,6H2. The van der Waals surface area contributed by atoms with Gasteiger partial charge in [-0.1, -0.05) is 23.7 Å². The smallest absolute Gasteiger partial charge is 0.307 e. The van der Waals surface area contributed by atoms with Gasteiger partial charge >= 0.3 is 5.69 Å². The third kappa shape index (κ3) is 3.09. The average Bonchev–Trinajstić information content (AvgIpc) is 2.44. The van der Waals surface area contributed by atoms with Gasteiger partial charge in [0, 0.05) is 11.6 Å². The summed E-state index contributed by atoms with van der Waals surface area (Å²) in [5.41, 5.74) is -0.734. The van der Waals surface area contributed by atoms with E-state index >= 15 is 0 Å². The molecule has 110 valence electrons. The van der Waals surface area contributed by atoms with Gasteiger partial charge in [0.25, 0.3) is 0 Å². The second kappa shape index (κ2) is 6.02. The highest BCUT2D eigenvalue weighted by Crippen LogP contribution is 2.35. The highest BCUT2D eigenvalue weighted by Gasteiger charge is 2.21. The molecule has 0 heterocycles. The maximum Gasteiger partial charge on any atom is 0.307 e. The fraction of sp³-hybridized carbons (Fsp3) is 0.0769. The normalized spacial score (nSPS) is 10.5. The molecular weight excluding hydrogens is 308 g/mol. The number of para-hydroxylation sites is 1. The molecule has 0 fully saturated rings. The molecule has 0 aliphatic rings. The molecule has 0 aliphatic heterocycles. The molecule has 0 saturated carbocycles. The highest BCUT2D eigenvalue weighted by atomic mass is 35.5. The van der Waals surface area contributed by atoms with Crippen molar-refractivity contribution in [3.8, 4) is 11.5 Å². The Morgan fingerprint density at radius 1 is 1.29 bits per heavy atom. The van der Waals surface area contributed by atoms with Crippen LogP contribution in [-0.2, 0) is 6.61 Å². The van der Waals surface area contributed by atoms with E-state index in [0.29, 0.717) is 12.1 Å². The van der Waals surface area contributed by atoms with Crippen LogP contribution < -0.4 is 4.74 Å². The molecule has 0 radical (unpaired) electrons. The van der Waals surface area contributed by atoms with Crippen molar-refractivity contribution in [1.82, 2.24) is 0 Å². The van der Waals surface area contributed by atoms with Crippen LogP contribution in [0.25, 0.3) is 0 Å². The molecule has 8 heteroatoms. The summed E-state index contributed by atoms with van der Waals surface area (Å²) in [5, 5.41) is 19.8. The lowest BCUT2D eigenvalue weighted by Gasteiger charge is -2.12. The Labute approximate surface area is 122 Å². The van der Waals surface area contributed by atoms with Crippen LogP contribution in [0.1, 0.15) is 5.56 Å². The highest BCUT2D eigenvalue weighted by molar-refractivity contribution is 6.32. The van der Waals surface area contributed by atoms with E-state index in [1.54, 1.807) is 6.07 Å². The maximum atomic E-state index is 13.7. The number of nitrogens with zero attached hydrogens (tertiary/aromatic N) is 1. The number of ether oxygens (including phenoxy) is 1. The van der Waals surface area contributed by atoms with Crippen LogP contribution in [0.2, 0.25) is 5.02 Å². The van der Waals surface area contributed by atoms with Crippen LogP contribution in [0.15, 0.2) is 30.3 Å². The molecule has 0 atom stereocenters. The Kier molecular flexibility index (Phi) is 4.35. The van der Waals surface area contributed by atoms with Gasteiger partial charge in [-0.3, -0.25) is 10.1 Å². The zero-order chi connectivity index (χ0) is 15.6. The van der Waals surface area contributed by atoms with E-state index in [2.05, 4.69) is 0 Å². The fourth-order valence-corrected chi connectivity index (χ4v) is 1.87. The molecule has 2 aromatic carbocycles. The number of hydrogen-bond donors (Lipinski definition) is 1. The Morgan fingerprint density at radius 3 is 2.62 bits per heavy atom. The number of halogens is 3. The first-order valence-electron chi connectivity index (χ1n) is 5.63. The average molecular weight is 316 g/mol. The minimum atomic E-state index is -1.24. The number of benzene rings is 2. The van der Waals surface area contributed by atoms with Gasteiger partial charge < -0.3 is 9.84 Å². The molecule has 2 aromatic rings. The molecule has 0 aliphatic carbocycles. The van der Waals surface area contributed by atoms with Crippen LogP contribution in [0.5, 0.6) is 11.5 Å². The summed E-state index contributed by atoms with van der Waals surface area (Å²) in [5.74, 6) is -2.98. The van der Waals surface area contributed by atoms with Gasteiger partial charge in [0.2, 0.25) is 5.82 Å². The van der Waals surface area contributed by atoms with E-state index in [9.17, 15) is 18.9 Å². The summed E-state index contributed by atoms with van der Waals surface area (Å²) in [6.07, 6.45) is 0. The molecule has 2 rings (SSSR count). The third-order valence-electron chi connectivity index (χ3n) is 2.63. The summed E-state index contributed by atoms with van der Waals surface area (Å²) in [7, 11) is 0. The largest absolute Gasteiger partial charge is 0.452 e. The third-order valence-corrected chi connectivity index (χ3v) is 2.93. The van der Waals surface area contributed by atoms with Crippen molar-refractivity contribution >= 4 is 17.3 Å². The molecule has 0 amide bonds. The van der Waals surface area contributed by atoms with Gasteiger partial charge in [-0.05, 0) is 6.07 Å². The van der Waals surface area contributed by atoms with Crippen molar-refractivity contribution < 1.29 is 23.5 Å². The summed E-state index contributed by atoms with van der Waals surface area (Å²) < 4.78 is 32.4. The molecule has 0 saturated heterocycles. The zero-order valence-corrected chi connectivity index (χ0v) is 11.1. The van der Waals surface area contributed by atoms with E-state index < -0.39 is 34.6 Å². The predicted molar refractivity (Wildman–Crippen MR) is 70.5 cm³/mol. The number of rotatable bonds is 4. The molecule has 21 heavy (non-hydrogen) atoms. The van der Waals surface area contributed by atoms with E-state index in [1.165, 1.54) is 12.1 Å². The van der Waals surface area contributed by atoms with Crippen molar-refractivity contribution in [3.05, 3.63) is 62.7 Å². The summed E-state index contributed by atoms with van der Waals surface area (Å²) in [4.78, 5) is 9.46. The lowest BCUT2D eigenvalue weighted by atomic mass is 10.2. The first kappa shape index (κ1) is 15.1. The van der Waals surface area contributed by atoms with Crippen LogP contribution in [-0.4, -0.2) is 10.0 Å². The van der Waals surface area contributed by atoms with Crippen molar-refractivity contribution in [2.75, 3.05) is 0 Å². The van der Waals surface area contributed by atoms with E-state index in [4.69, 9.17) is 21.4 Å². The SMILES string of the molecule is O=[N+]([O-])c1cc(F)c(Oc2c(Cl)cccc2CO)cc1F. The second-order valence-corrected chi connectivity index (χ2v) is 4.39. The minimum Gasteiger partial charge on any atom is -0.452 e. The Balaban J connectivity index is 2.46. The maximum absolute atomic E-state index is 13.7. The lowest BCUT2D eigenvalue weighted by molar-refractivity contribution is -0.387. The van der Waals surface area contributed by atoms with Crippen molar-refractivity contribution in [3.63, 3.8) is 0 Å². The number of nitro benzene ring substituents is 1. The van der Waals surface area contributed by atoms with E-state index in [1.807, 2.05) is 0 Å². The van der Waals surface area contributed by atoms with Crippen LogP contribution >= 0.6 is 11.6 Å². The Bertz CT molecular complexity index is 709. The van der Waals surface area contributed by atoms with Gasteiger partial charge in [-0.25, -0.2) is 4.39 Å². The van der Waals surface area contributed by atoms with E-state index in [0.717, 1.165) is 0 Å². The number of hydrogen-bond acceptors (Lipinski definition) is 4. The van der Waals surface area contributed by atoms with Crippen molar-refractivity contribution in [1.29, 1.82) is 0 Å². The van der Waals surface area contributed by atoms with Crippen LogP contribution in [0, 0.1) is 21.7 Å². The monoisotopic (exact) mass is 315 g/mol. The molecule has 0 spiro atoms. The lowest BCUT2D eigenvalue weighted by Crippen LogP contribution is -1.98. The molecule has 0 bridgehead atoms. The number of aliphatic hydroxyl groups excluding tert-OH is 1. The number of nitro groups is 1. The first-order valence-corrected chi connectivity index (χ1v) is 6.01. The van der Waals surface area contributed by atoms with Gasteiger partial charge in [-0.15, -0.1) is 0 Å². The van der Waals surface area contributed by atoms with Gasteiger partial charge in [0.1, 0.15) is 0 Å². The first-order chi connectivity index (χ1) is 9.93. The van der Waals surface area contributed by atoms with Crippen molar-refractivity contribution in [2.45, 2.75) is 6.61 Å². The number of aliphatic hydroxyl groups is 1. The molecule has 5 nitrogen and oxygen atoms in total. The summed E-state index contributed by atoms with van der Waals surface area (Å²) in [6, 6.07) is 5.45. The Hall–Kier alpha value is -2.25. The molecule has 0 aromatic heterocycles.